The normalized spacial score (nSPS) is 11.2. The predicted octanol–water partition coefficient (Wildman–Crippen LogP) is 1.47. The van der Waals surface area contributed by atoms with E-state index in [4.69, 9.17) is 21.4 Å². The third-order valence-electron chi connectivity index (χ3n) is 2.00. The third kappa shape index (κ3) is 4.41. The Hall–Kier alpha value is -0.980. The molecule has 1 rings (SSSR count). The van der Waals surface area contributed by atoms with E-state index < -0.39 is 10.0 Å². The van der Waals surface area contributed by atoms with Crippen LogP contribution in [0.3, 0.4) is 0 Å². The lowest BCUT2D eigenvalue weighted by molar-refractivity contribution is 0.295. The maximum atomic E-state index is 11.5. The van der Waals surface area contributed by atoms with Crippen LogP contribution in [0.15, 0.2) is 18.2 Å². The summed E-state index contributed by atoms with van der Waals surface area (Å²) in [4.78, 5) is 0. The van der Waals surface area contributed by atoms with E-state index in [1.54, 1.807) is 12.1 Å². The highest BCUT2D eigenvalue weighted by Gasteiger charge is 2.11. The van der Waals surface area contributed by atoms with Gasteiger partial charge in [0.2, 0.25) is 10.0 Å². The first kappa shape index (κ1) is 14.1. The Morgan fingerprint density at radius 2 is 2.18 bits per heavy atom. The number of nitrogens with one attached hydrogen (secondary N) is 1. The van der Waals surface area contributed by atoms with Crippen molar-refractivity contribution >= 4 is 27.3 Å². The standard InChI is InChI=1S/C10H14ClNO4S/c1-16-10-7-8(3-4-9(10)11)12-17(14,15)6-2-5-13/h3-4,7,12-13H,2,5-6H2,1H3. The molecule has 0 aliphatic heterocycles. The van der Waals surface area contributed by atoms with Crippen molar-refractivity contribution in [2.75, 3.05) is 24.2 Å². The van der Waals surface area contributed by atoms with Crippen LogP contribution in [-0.4, -0.2) is 33.0 Å². The quantitative estimate of drug-likeness (QED) is 0.827. The zero-order chi connectivity index (χ0) is 12.9. The van der Waals surface area contributed by atoms with Crippen molar-refractivity contribution in [2.45, 2.75) is 6.42 Å². The first-order chi connectivity index (χ1) is 7.98. The molecule has 7 heteroatoms. The number of rotatable bonds is 6. The topological polar surface area (TPSA) is 75.6 Å². The molecule has 0 aliphatic rings. The first-order valence-electron chi connectivity index (χ1n) is 4.93. The third-order valence-corrected chi connectivity index (χ3v) is 3.68. The zero-order valence-electron chi connectivity index (χ0n) is 9.31. The molecular formula is C10H14ClNO4S. The van der Waals surface area contributed by atoms with Gasteiger partial charge in [0.25, 0.3) is 0 Å². The largest absolute Gasteiger partial charge is 0.495 e. The molecule has 0 radical (unpaired) electrons. The number of aliphatic hydroxyl groups excluding tert-OH is 1. The van der Waals surface area contributed by atoms with E-state index in [0.717, 1.165) is 0 Å². The molecule has 0 aromatic heterocycles. The summed E-state index contributed by atoms with van der Waals surface area (Å²) in [6, 6.07) is 4.59. The smallest absolute Gasteiger partial charge is 0.232 e. The van der Waals surface area contributed by atoms with Gasteiger partial charge < -0.3 is 9.84 Å². The Morgan fingerprint density at radius 1 is 1.47 bits per heavy atom. The van der Waals surface area contributed by atoms with Crippen LogP contribution in [0.5, 0.6) is 5.75 Å². The van der Waals surface area contributed by atoms with Crippen LogP contribution in [0.4, 0.5) is 5.69 Å². The minimum absolute atomic E-state index is 0.131. The van der Waals surface area contributed by atoms with Gasteiger partial charge in [0.1, 0.15) is 5.75 Å². The molecular weight excluding hydrogens is 266 g/mol. The summed E-state index contributed by atoms with van der Waals surface area (Å²) in [7, 11) is -1.99. The highest BCUT2D eigenvalue weighted by atomic mass is 35.5. The molecule has 1 aromatic carbocycles. The lowest BCUT2D eigenvalue weighted by Crippen LogP contribution is -2.17. The van der Waals surface area contributed by atoms with Gasteiger partial charge in [0, 0.05) is 12.7 Å². The highest BCUT2D eigenvalue weighted by Crippen LogP contribution is 2.27. The summed E-state index contributed by atoms with van der Waals surface area (Å²) in [5.74, 6) is 0.267. The van der Waals surface area contributed by atoms with Crippen LogP contribution in [0.25, 0.3) is 0 Å². The molecule has 0 fully saturated rings. The fourth-order valence-corrected chi connectivity index (χ4v) is 2.50. The second-order valence-electron chi connectivity index (χ2n) is 3.35. The molecule has 17 heavy (non-hydrogen) atoms. The van der Waals surface area contributed by atoms with Crippen LogP contribution in [0, 0.1) is 0 Å². The monoisotopic (exact) mass is 279 g/mol. The summed E-state index contributed by atoms with van der Waals surface area (Å²) in [5, 5.41) is 8.99. The molecule has 0 bridgehead atoms. The summed E-state index contributed by atoms with van der Waals surface area (Å²) in [5.41, 5.74) is 0.379. The van der Waals surface area contributed by atoms with Crippen LogP contribution in [0.2, 0.25) is 5.02 Å². The van der Waals surface area contributed by atoms with E-state index in [9.17, 15) is 8.42 Å². The van der Waals surface area contributed by atoms with E-state index in [1.807, 2.05) is 0 Å². The number of anilines is 1. The maximum Gasteiger partial charge on any atom is 0.232 e. The van der Waals surface area contributed by atoms with E-state index in [1.165, 1.54) is 13.2 Å². The Morgan fingerprint density at radius 3 is 2.76 bits per heavy atom. The average Bonchev–Trinajstić information content (AvgIpc) is 2.29. The van der Waals surface area contributed by atoms with Gasteiger partial charge in [0.15, 0.2) is 0 Å². The molecule has 1 aromatic rings. The van der Waals surface area contributed by atoms with Crippen molar-refractivity contribution < 1.29 is 18.3 Å². The second-order valence-corrected chi connectivity index (χ2v) is 5.60. The van der Waals surface area contributed by atoms with Crippen LogP contribution >= 0.6 is 11.6 Å². The molecule has 0 unspecified atom stereocenters. The summed E-state index contributed by atoms with van der Waals surface area (Å²) in [6.07, 6.45) is 0.195. The van der Waals surface area contributed by atoms with Gasteiger partial charge in [0.05, 0.1) is 23.6 Å². The minimum Gasteiger partial charge on any atom is -0.495 e. The van der Waals surface area contributed by atoms with Crippen LogP contribution in [0.1, 0.15) is 6.42 Å². The van der Waals surface area contributed by atoms with Gasteiger partial charge in [-0.1, -0.05) is 11.6 Å². The molecule has 0 saturated heterocycles. The van der Waals surface area contributed by atoms with Gasteiger partial charge in [-0.3, -0.25) is 4.72 Å². The van der Waals surface area contributed by atoms with Crippen molar-refractivity contribution in [3.8, 4) is 5.75 Å². The Kier molecular flexibility index (Phi) is 5.04. The molecule has 96 valence electrons. The summed E-state index contributed by atoms with van der Waals surface area (Å²) < 4.78 is 30.4. The van der Waals surface area contributed by atoms with Crippen molar-refractivity contribution in [3.63, 3.8) is 0 Å². The Labute approximate surface area is 105 Å². The van der Waals surface area contributed by atoms with Crippen LogP contribution < -0.4 is 9.46 Å². The highest BCUT2D eigenvalue weighted by molar-refractivity contribution is 7.92. The van der Waals surface area contributed by atoms with Gasteiger partial charge >= 0.3 is 0 Å². The maximum absolute atomic E-state index is 11.5. The number of sulfonamides is 1. The summed E-state index contributed by atoms with van der Waals surface area (Å²) >= 11 is 5.82. The van der Waals surface area contributed by atoms with E-state index in [2.05, 4.69) is 4.72 Å². The Bertz CT molecular complexity index is 475. The van der Waals surface area contributed by atoms with Crippen LogP contribution in [-0.2, 0) is 10.0 Å². The molecule has 5 nitrogen and oxygen atoms in total. The number of ether oxygens (including phenoxy) is 1. The molecule has 0 spiro atoms. The molecule has 0 heterocycles. The van der Waals surface area contributed by atoms with E-state index >= 15 is 0 Å². The molecule has 0 atom stereocenters. The van der Waals surface area contributed by atoms with Crippen molar-refractivity contribution in [1.29, 1.82) is 0 Å². The predicted molar refractivity (Wildman–Crippen MR) is 67.1 cm³/mol. The fourth-order valence-electron chi connectivity index (χ4n) is 1.21. The zero-order valence-corrected chi connectivity index (χ0v) is 10.9. The van der Waals surface area contributed by atoms with E-state index in [-0.39, 0.29) is 18.8 Å². The molecule has 0 aliphatic carbocycles. The number of halogens is 1. The molecule has 0 saturated carbocycles. The van der Waals surface area contributed by atoms with Crippen molar-refractivity contribution in [2.24, 2.45) is 0 Å². The molecule has 0 amide bonds. The Balaban J connectivity index is 2.81. The van der Waals surface area contributed by atoms with E-state index in [0.29, 0.717) is 16.5 Å². The van der Waals surface area contributed by atoms with Crippen molar-refractivity contribution in [3.05, 3.63) is 23.2 Å². The number of methoxy groups -OCH3 is 1. The van der Waals surface area contributed by atoms with Gasteiger partial charge in [-0.25, -0.2) is 8.42 Å². The number of benzene rings is 1. The lowest BCUT2D eigenvalue weighted by atomic mass is 10.3. The lowest BCUT2D eigenvalue weighted by Gasteiger charge is -2.09. The van der Waals surface area contributed by atoms with Crippen molar-refractivity contribution in [1.82, 2.24) is 0 Å². The SMILES string of the molecule is COc1cc(NS(=O)(=O)CCCO)ccc1Cl. The minimum atomic E-state index is -3.44. The second kappa shape index (κ2) is 6.09. The summed E-state index contributed by atoms with van der Waals surface area (Å²) in [6.45, 7) is -0.162. The number of hydrogen-bond donors (Lipinski definition) is 2. The fraction of sp³-hybridized carbons (Fsp3) is 0.400. The van der Waals surface area contributed by atoms with Gasteiger partial charge in [-0.15, -0.1) is 0 Å². The average molecular weight is 280 g/mol. The molecule has 2 N–H and O–H groups in total. The number of hydrogen-bond acceptors (Lipinski definition) is 4. The first-order valence-corrected chi connectivity index (χ1v) is 6.96. The van der Waals surface area contributed by atoms with Gasteiger partial charge in [-0.05, 0) is 18.6 Å². The number of aliphatic hydroxyl groups is 1. The van der Waals surface area contributed by atoms with Gasteiger partial charge in [-0.2, -0.15) is 0 Å².